The normalized spacial score (nSPS) is 14.0. The summed E-state index contributed by atoms with van der Waals surface area (Å²) >= 11 is 0. The summed E-state index contributed by atoms with van der Waals surface area (Å²) in [7, 11) is 0. The minimum Gasteiger partial charge on any atom is -0.368 e. The van der Waals surface area contributed by atoms with Crippen molar-refractivity contribution in [2.75, 3.05) is 42.9 Å². The summed E-state index contributed by atoms with van der Waals surface area (Å²) < 4.78 is 0. The zero-order chi connectivity index (χ0) is 18.2. The Hall–Kier alpha value is -3.02. The summed E-state index contributed by atoms with van der Waals surface area (Å²) in [5.41, 5.74) is 1.92. The quantitative estimate of drug-likeness (QED) is 0.869. The number of rotatable bonds is 5. The van der Waals surface area contributed by atoms with Gasteiger partial charge in [-0.05, 0) is 24.3 Å². The van der Waals surface area contributed by atoms with E-state index in [1.54, 1.807) is 0 Å². The maximum Gasteiger partial charge on any atom is 0.319 e. The molecule has 1 heterocycles. The van der Waals surface area contributed by atoms with Crippen molar-refractivity contribution < 1.29 is 9.59 Å². The number of benzene rings is 2. The van der Waals surface area contributed by atoms with E-state index in [0.717, 1.165) is 18.8 Å². The molecule has 0 aromatic heterocycles. The summed E-state index contributed by atoms with van der Waals surface area (Å²) in [6.45, 7) is 3.42. The number of para-hydroxylation sites is 2. The Bertz CT molecular complexity index is 713. The Balaban J connectivity index is 1.36. The van der Waals surface area contributed by atoms with Gasteiger partial charge in [-0.3, -0.25) is 4.79 Å². The average molecular weight is 352 g/mol. The first-order valence-electron chi connectivity index (χ1n) is 8.90. The van der Waals surface area contributed by atoms with Crippen molar-refractivity contribution in [3.05, 3.63) is 60.7 Å². The number of carbonyl (C=O) groups excluding carboxylic acids is 2. The number of amides is 3. The number of nitrogens with one attached hydrogen (secondary N) is 2. The molecule has 3 amide bonds. The van der Waals surface area contributed by atoms with Crippen LogP contribution in [0.4, 0.5) is 16.2 Å². The number of nitrogens with zero attached hydrogens (tertiary/aromatic N) is 2. The van der Waals surface area contributed by atoms with E-state index >= 15 is 0 Å². The predicted octanol–water partition coefficient (Wildman–Crippen LogP) is 2.55. The molecule has 0 spiro atoms. The van der Waals surface area contributed by atoms with E-state index in [-0.39, 0.29) is 11.9 Å². The van der Waals surface area contributed by atoms with E-state index in [1.807, 2.05) is 53.4 Å². The highest BCUT2D eigenvalue weighted by atomic mass is 16.2. The lowest BCUT2D eigenvalue weighted by Gasteiger charge is -2.36. The fraction of sp³-hybridized carbons (Fsp3) is 0.300. The second-order valence-electron chi connectivity index (χ2n) is 6.20. The highest BCUT2D eigenvalue weighted by molar-refractivity contribution is 5.89. The van der Waals surface area contributed by atoms with Crippen LogP contribution in [0, 0.1) is 0 Å². The van der Waals surface area contributed by atoms with Gasteiger partial charge in [-0.1, -0.05) is 36.4 Å². The number of hydrogen-bond donors (Lipinski definition) is 2. The fourth-order valence-corrected chi connectivity index (χ4v) is 2.99. The van der Waals surface area contributed by atoms with Crippen LogP contribution in [0.2, 0.25) is 0 Å². The molecule has 2 N–H and O–H groups in total. The van der Waals surface area contributed by atoms with E-state index in [1.165, 1.54) is 5.69 Å². The van der Waals surface area contributed by atoms with Crippen LogP contribution in [0.3, 0.4) is 0 Å². The number of hydrogen-bond acceptors (Lipinski definition) is 3. The topological polar surface area (TPSA) is 64.7 Å². The van der Waals surface area contributed by atoms with Crippen LogP contribution in [-0.4, -0.2) is 49.6 Å². The van der Waals surface area contributed by atoms with E-state index in [4.69, 9.17) is 0 Å². The summed E-state index contributed by atoms with van der Waals surface area (Å²) in [5.74, 6) is 0.0812. The number of piperazine rings is 1. The summed E-state index contributed by atoms with van der Waals surface area (Å²) in [4.78, 5) is 28.3. The number of anilines is 2. The van der Waals surface area contributed by atoms with Crippen molar-refractivity contribution in [2.45, 2.75) is 6.42 Å². The first-order valence-corrected chi connectivity index (χ1v) is 8.90. The van der Waals surface area contributed by atoms with Gasteiger partial charge in [-0.15, -0.1) is 0 Å². The van der Waals surface area contributed by atoms with E-state index in [2.05, 4.69) is 27.7 Å². The zero-order valence-corrected chi connectivity index (χ0v) is 14.7. The fourth-order valence-electron chi connectivity index (χ4n) is 2.99. The lowest BCUT2D eigenvalue weighted by atomic mass is 10.2. The standard InChI is InChI=1S/C20H24N4O2/c25-19(11-12-21-20(26)22-17-7-3-1-4-8-17)24-15-13-23(14-16-24)18-9-5-2-6-10-18/h1-10H,11-16H2,(H2,21,22,26). The number of carbonyl (C=O) groups is 2. The van der Waals surface area contributed by atoms with Gasteiger partial charge in [0, 0.05) is 50.5 Å². The zero-order valence-electron chi connectivity index (χ0n) is 14.7. The predicted molar refractivity (Wildman–Crippen MR) is 103 cm³/mol. The van der Waals surface area contributed by atoms with Crippen molar-refractivity contribution in [3.63, 3.8) is 0 Å². The Morgan fingerprint density at radius 2 is 1.46 bits per heavy atom. The Morgan fingerprint density at radius 1 is 0.846 bits per heavy atom. The molecule has 2 aromatic rings. The average Bonchev–Trinajstić information content (AvgIpc) is 2.69. The third-order valence-corrected chi connectivity index (χ3v) is 4.41. The van der Waals surface area contributed by atoms with Crippen LogP contribution < -0.4 is 15.5 Å². The Kier molecular flexibility index (Phi) is 6.09. The summed E-state index contributed by atoms with van der Waals surface area (Å²) in [6, 6.07) is 19.2. The second-order valence-corrected chi connectivity index (χ2v) is 6.20. The molecule has 0 saturated carbocycles. The molecule has 1 aliphatic heterocycles. The maximum atomic E-state index is 12.3. The molecule has 2 aromatic carbocycles. The molecule has 136 valence electrons. The third kappa shape index (κ3) is 4.99. The molecule has 6 heteroatoms. The largest absolute Gasteiger partial charge is 0.368 e. The van der Waals surface area contributed by atoms with Crippen LogP contribution in [0.25, 0.3) is 0 Å². The van der Waals surface area contributed by atoms with Gasteiger partial charge in [0.2, 0.25) is 5.91 Å². The summed E-state index contributed by atoms with van der Waals surface area (Å²) in [5, 5.41) is 5.47. The van der Waals surface area contributed by atoms with Gasteiger partial charge in [0.15, 0.2) is 0 Å². The van der Waals surface area contributed by atoms with Gasteiger partial charge in [0.25, 0.3) is 0 Å². The highest BCUT2D eigenvalue weighted by Crippen LogP contribution is 2.15. The van der Waals surface area contributed by atoms with Gasteiger partial charge in [-0.25, -0.2) is 4.79 Å². The van der Waals surface area contributed by atoms with E-state index in [0.29, 0.717) is 26.1 Å². The van der Waals surface area contributed by atoms with Crippen molar-refractivity contribution in [1.29, 1.82) is 0 Å². The molecule has 1 fully saturated rings. The minimum absolute atomic E-state index is 0.0812. The van der Waals surface area contributed by atoms with Gasteiger partial charge in [0.05, 0.1) is 0 Å². The molecule has 3 rings (SSSR count). The van der Waals surface area contributed by atoms with Crippen LogP contribution in [0.15, 0.2) is 60.7 Å². The molecule has 26 heavy (non-hydrogen) atoms. The monoisotopic (exact) mass is 352 g/mol. The van der Waals surface area contributed by atoms with Crippen molar-refractivity contribution in [3.8, 4) is 0 Å². The van der Waals surface area contributed by atoms with E-state index in [9.17, 15) is 9.59 Å². The van der Waals surface area contributed by atoms with Crippen molar-refractivity contribution in [1.82, 2.24) is 10.2 Å². The SMILES string of the molecule is O=C(NCCC(=O)N1CCN(c2ccccc2)CC1)Nc1ccccc1. The van der Waals surface area contributed by atoms with Crippen molar-refractivity contribution >= 4 is 23.3 Å². The maximum absolute atomic E-state index is 12.3. The molecule has 0 radical (unpaired) electrons. The first-order chi connectivity index (χ1) is 12.7. The van der Waals surface area contributed by atoms with Gasteiger partial charge in [0.1, 0.15) is 0 Å². The lowest BCUT2D eigenvalue weighted by molar-refractivity contribution is -0.131. The molecule has 1 aliphatic rings. The Morgan fingerprint density at radius 3 is 2.12 bits per heavy atom. The Labute approximate surface area is 153 Å². The van der Waals surface area contributed by atoms with Gasteiger partial charge >= 0.3 is 6.03 Å². The van der Waals surface area contributed by atoms with Crippen LogP contribution in [0.5, 0.6) is 0 Å². The summed E-state index contributed by atoms with van der Waals surface area (Å²) in [6.07, 6.45) is 0.313. The molecule has 1 saturated heterocycles. The molecule has 0 aliphatic carbocycles. The second kappa shape index (κ2) is 8.89. The lowest BCUT2D eigenvalue weighted by Crippen LogP contribution is -2.49. The molecule has 0 atom stereocenters. The highest BCUT2D eigenvalue weighted by Gasteiger charge is 2.20. The van der Waals surface area contributed by atoms with Gasteiger partial charge < -0.3 is 20.4 Å². The molecule has 0 bridgehead atoms. The first kappa shape index (κ1) is 17.8. The third-order valence-electron chi connectivity index (χ3n) is 4.41. The van der Waals surface area contributed by atoms with Crippen LogP contribution in [-0.2, 0) is 4.79 Å². The molecule has 6 nitrogen and oxygen atoms in total. The van der Waals surface area contributed by atoms with Crippen molar-refractivity contribution in [2.24, 2.45) is 0 Å². The van der Waals surface area contributed by atoms with Gasteiger partial charge in [-0.2, -0.15) is 0 Å². The minimum atomic E-state index is -0.294. The van der Waals surface area contributed by atoms with Crippen LogP contribution >= 0.6 is 0 Å². The van der Waals surface area contributed by atoms with Crippen LogP contribution in [0.1, 0.15) is 6.42 Å². The molecule has 0 unspecified atom stereocenters. The number of urea groups is 1. The van der Waals surface area contributed by atoms with E-state index < -0.39 is 0 Å². The molecular formula is C20H24N4O2. The molecular weight excluding hydrogens is 328 g/mol. The smallest absolute Gasteiger partial charge is 0.319 e.